The van der Waals surface area contributed by atoms with Gasteiger partial charge in [0.1, 0.15) is 5.78 Å². The number of hydrogen-bond acceptors (Lipinski definition) is 3. The van der Waals surface area contributed by atoms with Crippen LogP contribution in [0, 0.1) is 23.2 Å². The third-order valence-electron chi connectivity index (χ3n) is 6.07. The summed E-state index contributed by atoms with van der Waals surface area (Å²) in [5.74, 6) is 0.0876. The first-order valence-electron chi connectivity index (χ1n) is 10.8. The van der Waals surface area contributed by atoms with E-state index in [4.69, 9.17) is 5.11 Å². The van der Waals surface area contributed by atoms with E-state index in [1.807, 2.05) is 0 Å². The molecule has 1 aliphatic carbocycles. The number of Topliss-reactive ketones (excluding diaryl/α,β-unsaturated/α-hetero) is 1. The van der Waals surface area contributed by atoms with Crippen molar-refractivity contribution in [1.82, 2.24) is 0 Å². The monoisotopic (exact) mass is 380 g/mol. The first-order chi connectivity index (χ1) is 12.7. The van der Waals surface area contributed by atoms with Crippen LogP contribution in [0.15, 0.2) is 12.2 Å². The van der Waals surface area contributed by atoms with Gasteiger partial charge in [0.25, 0.3) is 0 Å². The Morgan fingerprint density at radius 1 is 1.26 bits per heavy atom. The highest BCUT2D eigenvalue weighted by Gasteiger charge is 2.37. The van der Waals surface area contributed by atoms with Crippen molar-refractivity contribution in [3.63, 3.8) is 0 Å². The van der Waals surface area contributed by atoms with Crippen molar-refractivity contribution in [2.24, 2.45) is 23.2 Å². The predicted octanol–water partition coefficient (Wildman–Crippen LogP) is 5.39. The fraction of sp³-hybridized carbons (Fsp3) is 0.826. The fourth-order valence-electron chi connectivity index (χ4n) is 4.20. The summed E-state index contributed by atoms with van der Waals surface area (Å²) in [6.45, 7) is 9.04. The van der Waals surface area contributed by atoms with Crippen LogP contribution in [0.5, 0.6) is 0 Å². The Bertz CT molecular complexity index is 495. The van der Waals surface area contributed by atoms with Crippen LogP contribution in [-0.4, -0.2) is 28.1 Å². The third kappa shape index (κ3) is 8.59. The van der Waals surface area contributed by atoms with Crippen LogP contribution in [0.2, 0.25) is 0 Å². The van der Waals surface area contributed by atoms with E-state index < -0.39 is 12.1 Å². The Morgan fingerprint density at radius 2 is 1.96 bits per heavy atom. The number of unbranched alkanes of at least 4 members (excludes halogenated alkanes) is 3. The molecule has 4 heteroatoms. The maximum absolute atomic E-state index is 12.4. The highest BCUT2D eigenvalue weighted by atomic mass is 16.4. The van der Waals surface area contributed by atoms with Gasteiger partial charge in [-0.1, -0.05) is 72.0 Å². The number of aliphatic hydroxyl groups is 1. The number of carbonyl (C=O) groups excluding carboxylic acids is 1. The molecule has 2 N–H and O–H groups in total. The molecule has 1 saturated carbocycles. The summed E-state index contributed by atoms with van der Waals surface area (Å²) in [7, 11) is 0. The van der Waals surface area contributed by atoms with Crippen molar-refractivity contribution in [3.05, 3.63) is 12.2 Å². The topological polar surface area (TPSA) is 74.6 Å². The lowest BCUT2D eigenvalue weighted by molar-refractivity contribution is -0.147. The van der Waals surface area contributed by atoms with E-state index in [2.05, 4.69) is 39.8 Å². The van der Waals surface area contributed by atoms with Crippen molar-refractivity contribution < 1.29 is 19.8 Å². The summed E-state index contributed by atoms with van der Waals surface area (Å²) in [5.41, 5.74) is 0.318. The van der Waals surface area contributed by atoms with Gasteiger partial charge in [0.15, 0.2) is 6.10 Å². The molecule has 1 aliphatic rings. The van der Waals surface area contributed by atoms with Gasteiger partial charge in [-0.15, -0.1) is 0 Å². The number of aliphatic hydroxyl groups excluding tert-OH is 1. The van der Waals surface area contributed by atoms with Gasteiger partial charge >= 0.3 is 5.97 Å². The van der Waals surface area contributed by atoms with E-state index in [9.17, 15) is 14.7 Å². The second-order valence-corrected chi connectivity index (χ2v) is 9.22. The van der Waals surface area contributed by atoms with Crippen molar-refractivity contribution in [3.8, 4) is 0 Å². The molecule has 0 aromatic rings. The molecule has 4 atom stereocenters. The van der Waals surface area contributed by atoms with Crippen molar-refractivity contribution in [2.45, 2.75) is 98.0 Å². The van der Waals surface area contributed by atoms with E-state index in [1.54, 1.807) is 0 Å². The minimum Gasteiger partial charge on any atom is -0.479 e. The van der Waals surface area contributed by atoms with Gasteiger partial charge in [-0.05, 0) is 42.9 Å². The van der Waals surface area contributed by atoms with Crippen molar-refractivity contribution in [1.29, 1.82) is 0 Å². The zero-order valence-corrected chi connectivity index (χ0v) is 17.7. The zero-order chi connectivity index (χ0) is 20.4. The van der Waals surface area contributed by atoms with E-state index in [-0.39, 0.29) is 5.92 Å². The number of rotatable bonds is 13. The first-order valence-corrected chi connectivity index (χ1v) is 10.8. The minimum absolute atomic E-state index is 0.111. The molecule has 27 heavy (non-hydrogen) atoms. The second kappa shape index (κ2) is 11.6. The molecule has 0 amide bonds. The highest BCUT2D eigenvalue weighted by molar-refractivity contribution is 5.84. The largest absolute Gasteiger partial charge is 0.479 e. The molecule has 0 spiro atoms. The zero-order valence-electron chi connectivity index (χ0n) is 17.7. The van der Waals surface area contributed by atoms with Gasteiger partial charge in [-0.25, -0.2) is 4.79 Å². The number of hydrogen-bond donors (Lipinski definition) is 2. The molecule has 0 saturated heterocycles. The molecule has 0 radical (unpaired) electrons. The van der Waals surface area contributed by atoms with Crippen molar-refractivity contribution in [2.75, 3.05) is 0 Å². The molecular weight excluding hydrogens is 340 g/mol. The summed E-state index contributed by atoms with van der Waals surface area (Å²) in [4.78, 5) is 23.0. The third-order valence-corrected chi connectivity index (χ3v) is 6.07. The number of allylic oxidation sites excluding steroid dienone is 2. The van der Waals surface area contributed by atoms with Gasteiger partial charge in [-0.3, -0.25) is 4.79 Å². The minimum atomic E-state index is -1.26. The molecule has 0 aromatic heterocycles. The van der Waals surface area contributed by atoms with Gasteiger partial charge in [0, 0.05) is 12.3 Å². The molecule has 0 bridgehead atoms. The molecule has 4 nitrogen and oxygen atoms in total. The maximum atomic E-state index is 12.4. The van der Waals surface area contributed by atoms with Crippen LogP contribution in [-0.2, 0) is 9.59 Å². The van der Waals surface area contributed by atoms with E-state index in [1.165, 1.54) is 19.3 Å². The number of ketones is 1. The van der Waals surface area contributed by atoms with Crippen molar-refractivity contribution >= 4 is 11.8 Å². The van der Waals surface area contributed by atoms with E-state index in [0.717, 1.165) is 25.7 Å². The number of aliphatic carboxylic acids is 1. The predicted molar refractivity (Wildman–Crippen MR) is 110 cm³/mol. The van der Waals surface area contributed by atoms with Gasteiger partial charge in [0.2, 0.25) is 0 Å². The summed E-state index contributed by atoms with van der Waals surface area (Å²) in [6, 6.07) is 0. The van der Waals surface area contributed by atoms with Gasteiger partial charge in [-0.2, -0.15) is 0 Å². The average Bonchev–Trinajstić information content (AvgIpc) is 2.86. The van der Waals surface area contributed by atoms with Gasteiger partial charge in [0.05, 0.1) is 0 Å². The normalized spacial score (nSPS) is 24.6. The van der Waals surface area contributed by atoms with Crippen LogP contribution >= 0.6 is 0 Å². The standard InChI is InChI=1S/C23H40O4/c1-5-6-14-23(3,4)15-10-12-18-17(2)16-21(25)19(18)11-8-7-9-13-20(24)22(26)27/h10,12,17-20,24H,5-9,11,13-16H2,1-4H3,(H,26,27)/b12-10+/t17-,18+,19-,20?/m1/s1. The number of carboxylic acid groups (broad SMARTS) is 1. The lowest BCUT2D eigenvalue weighted by Crippen LogP contribution is -2.19. The quantitative estimate of drug-likeness (QED) is 0.332. The molecule has 0 aliphatic heterocycles. The first kappa shape index (κ1) is 23.9. The molecule has 0 heterocycles. The van der Waals surface area contributed by atoms with Gasteiger partial charge < -0.3 is 10.2 Å². The Labute approximate surface area is 165 Å². The lowest BCUT2D eigenvalue weighted by Gasteiger charge is -2.23. The number of carbonyl (C=O) groups is 2. The SMILES string of the molecule is CCCCC(C)(C)C/C=C/[C@H]1[C@H](C)CC(=O)[C@@H]1CCCCCC(O)C(=O)O. The molecule has 0 aromatic carbocycles. The lowest BCUT2D eigenvalue weighted by atomic mass is 9.82. The van der Waals surface area contributed by atoms with Crippen LogP contribution in [0.4, 0.5) is 0 Å². The number of carboxylic acids is 1. The fourth-order valence-corrected chi connectivity index (χ4v) is 4.20. The Balaban J connectivity index is 2.46. The van der Waals surface area contributed by atoms with Crippen LogP contribution in [0.25, 0.3) is 0 Å². The van der Waals surface area contributed by atoms with Crippen LogP contribution in [0.3, 0.4) is 0 Å². The Morgan fingerprint density at radius 3 is 2.59 bits per heavy atom. The van der Waals surface area contributed by atoms with E-state index in [0.29, 0.717) is 42.3 Å². The summed E-state index contributed by atoms with van der Waals surface area (Å²) >= 11 is 0. The molecular formula is C23H40O4. The molecule has 1 fully saturated rings. The van der Waals surface area contributed by atoms with Crippen LogP contribution < -0.4 is 0 Å². The molecule has 1 rings (SSSR count). The highest BCUT2D eigenvalue weighted by Crippen LogP contribution is 2.39. The summed E-state index contributed by atoms with van der Waals surface area (Å²) < 4.78 is 0. The summed E-state index contributed by atoms with van der Waals surface area (Å²) in [6.07, 6.45) is 12.4. The molecule has 1 unspecified atom stereocenters. The Hall–Kier alpha value is -1.16. The smallest absolute Gasteiger partial charge is 0.332 e. The second-order valence-electron chi connectivity index (χ2n) is 9.22. The Kier molecular flexibility index (Phi) is 10.3. The summed E-state index contributed by atoms with van der Waals surface area (Å²) in [5, 5.41) is 18.0. The maximum Gasteiger partial charge on any atom is 0.332 e. The van der Waals surface area contributed by atoms with Crippen LogP contribution in [0.1, 0.15) is 91.9 Å². The molecule has 156 valence electrons. The average molecular weight is 381 g/mol. The van der Waals surface area contributed by atoms with E-state index >= 15 is 0 Å².